The second-order valence-corrected chi connectivity index (χ2v) is 5.12. The van der Waals surface area contributed by atoms with Crippen molar-refractivity contribution in [3.05, 3.63) is 53.9 Å². The van der Waals surface area contributed by atoms with Crippen LogP contribution in [0.15, 0.2) is 47.1 Å². The SMILES string of the molecule is CC(C)c1noc2ncc(C(=O)Nc3ccccc3)cc12. The summed E-state index contributed by atoms with van der Waals surface area (Å²) in [6, 6.07) is 11.1. The highest BCUT2D eigenvalue weighted by atomic mass is 16.5. The van der Waals surface area contributed by atoms with Crippen molar-refractivity contribution < 1.29 is 9.32 Å². The molecule has 0 aliphatic heterocycles. The van der Waals surface area contributed by atoms with Crippen LogP contribution in [0.25, 0.3) is 11.1 Å². The number of para-hydroxylation sites is 1. The third-order valence-corrected chi connectivity index (χ3v) is 3.20. The number of fused-ring (bicyclic) bond motifs is 1. The molecule has 1 aromatic carbocycles. The normalized spacial score (nSPS) is 11.0. The fourth-order valence-electron chi connectivity index (χ4n) is 2.12. The molecule has 3 aromatic rings. The zero-order valence-corrected chi connectivity index (χ0v) is 11.8. The van der Waals surface area contributed by atoms with Gasteiger partial charge in [0.1, 0.15) is 0 Å². The largest absolute Gasteiger partial charge is 0.336 e. The summed E-state index contributed by atoms with van der Waals surface area (Å²) >= 11 is 0. The van der Waals surface area contributed by atoms with Crippen LogP contribution in [-0.4, -0.2) is 16.0 Å². The molecule has 0 unspecified atom stereocenters. The molecule has 0 atom stereocenters. The number of hydrogen-bond acceptors (Lipinski definition) is 4. The summed E-state index contributed by atoms with van der Waals surface area (Å²) in [5, 5.41) is 7.63. The van der Waals surface area contributed by atoms with E-state index in [0.717, 1.165) is 16.8 Å². The van der Waals surface area contributed by atoms with Crippen LogP contribution in [0.2, 0.25) is 0 Å². The van der Waals surface area contributed by atoms with E-state index in [-0.39, 0.29) is 11.8 Å². The first kappa shape index (κ1) is 13.3. The number of benzene rings is 1. The van der Waals surface area contributed by atoms with E-state index in [9.17, 15) is 4.79 Å². The summed E-state index contributed by atoms with van der Waals surface area (Å²) in [7, 11) is 0. The third kappa shape index (κ3) is 2.63. The van der Waals surface area contributed by atoms with Crippen LogP contribution in [0.4, 0.5) is 5.69 Å². The van der Waals surface area contributed by atoms with E-state index in [1.54, 1.807) is 6.07 Å². The lowest BCUT2D eigenvalue weighted by Crippen LogP contribution is -2.12. The molecule has 2 heterocycles. The minimum absolute atomic E-state index is 0.202. The van der Waals surface area contributed by atoms with Crippen LogP contribution in [-0.2, 0) is 0 Å². The van der Waals surface area contributed by atoms with Crippen molar-refractivity contribution in [3.8, 4) is 0 Å². The number of rotatable bonds is 3. The number of nitrogens with zero attached hydrogens (tertiary/aromatic N) is 2. The fraction of sp³-hybridized carbons (Fsp3) is 0.188. The number of aromatic nitrogens is 2. The number of carbonyl (C=O) groups excluding carboxylic acids is 1. The highest BCUT2D eigenvalue weighted by Crippen LogP contribution is 2.24. The average Bonchev–Trinajstić information content (AvgIpc) is 2.91. The van der Waals surface area contributed by atoms with Crippen LogP contribution in [0, 0.1) is 0 Å². The summed E-state index contributed by atoms with van der Waals surface area (Å²) < 4.78 is 5.17. The molecule has 1 N–H and O–H groups in total. The molecular formula is C16H15N3O2. The Morgan fingerprint density at radius 3 is 2.71 bits per heavy atom. The van der Waals surface area contributed by atoms with Crippen molar-refractivity contribution in [2.75, 3.05) is 5.32 Å². The molecule has 5 heteroatoms. The van der Waals surface area contributed by atoms with Crippen molar-refractivity contribution in [1.29, 1.82) is 0 Å². The van der Waals surface area contributed by atoms with Crippen molar-refractivity contribution >= 4 is 22.7 Å². The van der Waals surface area contributed by atoms with Gasteiger partial charge in [-0.15, -0.1) is 0 Å². The molecule has 3 rings (SSSR count). The Kier molecular flexibility index (Phi) is 3.39. The smallest absolute Gasteiger partial charge is 0.257 e. The topological polar surface area (TPSA) is 68.0 Å². The van der Waals surface area contributed by atoms with E-state index in [0.29, 0.717) is 11.3 Å². The lowest BCUT2D eigenvalue weighted by molar-refractivity contribution is 0.102. The molecule has 0 bridgehead atoms. The highest BCUT2D eigenvalue weighted by molar-refractivity contribution is 6.05. The van der Waals surface area contributed by atoms with Crippen molar-refractivity contribution in [1.82, 2.24) is 10.1 Å². The highest BCUT2D eigenvalue weighted by Gasteiger charge is 2.15. The quantitative estimate of drug-likeness (QED) is 0.796. The van der Waals surface area contributed by atoms with Crippen LogP contribution in [0.3, 0.4) is 0 Å². The molecule has 1 amide bonds. The van der Waals surface area contributed by atoms with Crippen molar-refractivity contribution in [2.45, 2.75) is 19.8 Å². The van der Waals surface area contributed by atoms with E-state index in [4.69, 9.17) is 4.52 Å². The van der Waals surface area contributed by atoms with Gasteiger partial charge in [-0.1, -0.05) is 37.2 Å². The first-order valence-corrected chi connectivity index (χ1v) is 6.77. The minimum atomic E-state index is -0.202. The maximum Gasteiger partial charge on any atom is 0.257 e. The Morgan fingerprint density at radius 1 is 1.24 bits per heavy atom. The average molecular weight is 281 g/mol. The Balaban J connectivity index is 1.93. The van der Waals surface area contributed by atoms with Gasteiger partial charge in [-0.25, -0.2) is 4.98 Å². The molecule has 2 aromatic heterocycles. The molecule has 5 nitrogen and oxygen atoms in total. The zero-order chi connectivity index (χ0) is 14.8. The van der Waals surface area contributed by atoms with Crippen molar-refractivity contribution in [2.24, 2.45) is 0 Å². The van der Waals surface area contributed by atoms with E-state index >= 15 is 0 Å². The van der Waals surface area contributed by atoms with Gasteiger partial charge in [-0.3, -0.25) is 4.79 Å². The first-order chi connectivity index (χ1) is 10.1. The van der Waals surface area contributed by atoms with Crippen molar-refractivity contribution in [3.63, 3.8) is 0 Å². The molecule has 0 radical (unpaired) electrons. The van der Waals surface area contributed by atoms with Crippen LogP contribution in [0.1, 0.15) is 35.8 Å². The summed E-state index contributed by atoms with van der Waals surface area (Å²) in [6.07, 6.45) is 1.50. The Labute approximate surface area is 122 Å². The monoisotopic (exact) mass is 281 g/mol. The minimum Gasteiger partial charge on any atom is -0.336 e. The van der Waals surface area contributed by atoms with Gasteiger partial charge < -0.3 is 9.84 Å². The lowest BCUT2D eigenvalue weighted by atomic mass is 10.1. The molecule has 0 aliphatic carbocycles. The fourth-order valence-corrected chi connectivity index (χ4v) is 2.12. The molecule has 0 saturated carbocycles. The zero-order valence-electron chi connectivity index (χ0n) is 11.8. The summed E-state index contributed by atoms with van der Waals surface area (Å²) in [6.45, 7) is 4.04. The van der Waals surface area contributed by atoms with Gasteiger partial charge in [0.05, 0.1) is 16.6 Å². The van der Waals surface area contributed by atoms with Gasteiger partial charge in [-0.2, -0.15) is 0 Å². The molecule has 21 heavy (non-hydrogen) atoms. The van der Waals surface area contributed by atoms with Crippen LogP contribution < -0.4 is 5.32 Å². The van der Waals surface area contributed by atoms with E-state index in [2.05, 4.69) is 15.5 Å². The standard InChI is InChI=1S/C16H15N3O2/c1-10(2)14-13-8-11(9-17-16(13)21-19-14)15(20)18-12-6-4-3-5-7-12/h3-10H,1-2H3,(H,18,20). The number of amides is 1. The number of pyridine rings is 1. The summed E-state index contributed by atoms with van der Waals surface area (Å²) in [5.41, 5.74) is 2.50. The Morgan fingerprint density at radius 2 is 2.00 bits per heavy atom. The summed E-state index contributed by atoms with van der Waals surface area (Å²) in [4.78, 5) is 16.4. The van der Waals surface area contributed by atoms with Gasteiger partial charge in [0.2, 0.25) is 0 Å². The maximum atomic E-state index is 12.3. The molecule has 0 fully saturated rings. The molecule has 0 spiro atoms. The molecule has 0 aliphatic rings. The maximum absolute atomic E-state index is 12.3. The number of hydrogen-bond donors (Lipinski definition) is 1. The number of carbonyl (C=O) groups is 1. The first-order valence-electron chi connectivity index (χ1n) is 6.77. The Bertz CT molecular complexity index is 779. The van der Waals surface area contributed by atoms with E-state index in [1.807, 2.05) is 44.2 Å². The lowest BCUT2D eigenvalue weighted by Gasteiger charge is -2.05. The predicted octanol–water partition coefficient (Wildman–Crippen LogP) is 3.60. The number of nitrogens with one attached hydrogen (secondary N) is 1. The molecule has 0 saturated heterocycles. The third-order valence-electron chi connectivity index (χ3n) is 3.20. The van der Waals surface area contributed by atoms with Crippen LogP contribution >= 0.6 is 0 Å². The predicted molar refractivity (Wildman–Crippen MR) is 80.3 cm³/mol. The van der Waals surface area contributed by atoms with Gasteiger partial charge in [0, 0.05) is 11.9 Å². The van der Waals surface area contributed by atoms with Gasteiger partial charge in [0.25, 0.3) is 11.6 Å². The molecule has 106 valence electrons. The molecular weight excluding hydrogens is 266 g/mol. The second kappa shape index (κ2) is 5.36. The van der Waals surface area contributed by atoms with Gasteiger partial charge >= 0.3 is 0 Å². The van der Waals surface area contributed by atoms with Gasteiger partial charge in [-0.05, 0) is 24.1 Å². The number of anilines is 1. The van der Waals surface area contributed by atoms with E-state index < -0.39 is 0 Å². The summed E-state index contributed by atoms with van der Waals surface area (Å²) in [5.74, 6) is 0.00647. The van der Waals surface area contributed by atoms with Gasteiger partial charge in [0.15, 0.2) is 0 Å². The Hall–Kier alpha value is -2.69. The van der Waals surface area contributed by atoms with E-state index in [1.165, 1.54) is 6.20 Å². The van der Waals surface area contributed by atoms with Crippen LogP contribution in [0.5, 0.6) is 0 Å². The second-order valence-electron chi connectivity index (χ2n) is 5.12.